The number of carbonyl (C=O) groups excluding carboxylic acids is 1. The van der Waals surface area contributed by atoms with Crippen LogP contribution in [0.15, 0.2) is 53.7 Å². The van der Waals surface area contributed by atoms with Gasteiger partial charge in [-0.3, -0.25) is 9.78 Å². The van der Waals surface area contributed by atoms with E-state index in [1.54, 1.807) is 55.5 Å². The average Bonchev–Trinajstić information content (AvgIpc) is 2.81. The third-order valence-electron chi connectivity index (χ3n) is 5.78. The van der Waals surface area contributed by atoms with E-state index in [4.69, 9.17) is 4.74 Å². The van der Waals surface area contributed by atoms with Gasteiger partial charge in [-0.2, -0.15) is 4.31 Å². The number of aliphatic hydroxyl groups excluding tert-OH is 1. The lowest BCUT2D eigenvalue weighted by molar-refractivity contribution is 0.0563. The van der Waals surface area contributed by atoms with Gasteiger partial charge in [0, 0.05) is 43.5 Å². The Kier molecular flexibility index (Phi) is 7.88. The molecule has 9 heteroatoms. The molecule has 33 heavy (non-hydrogen) atoms. The predicted molar refractivity (Wildman–Crippen MR) is 126 cm³/mol. The van der Waals surface area contributed by atoms with Crippen LogP contribution in [0.5, 0.6) is 5.75 Å². The number of fused-ring (bicyclic) bond motifs is 1. The Morgan fingerprint density at radius 3 is 2.67 bits per heavy atom. The first-order valence-electron chi connectivity index (χ1n) is 10.9. The summed E-state index contributed by atoms with van der Waals surface area (Å²) in [6, 6.07) is 7.66. The van der Waals surface area contributed by atoms with Gasteiger partial charge < -0.3 is 14.7 Å². The Morgan fingerprint density at radius 1 is 1.33 bits per heavy atom. The average molecular weight is 474 g/mol. The van der Waals surface area contributed by atoms with E-state index >= 15 is 0 Å². The molecule has 0 unspecified atom stereocenters. The number of aliphatic hydroxyl groups is 1. The van der Waals surface area contributed by atoms with Gasteiger partial charge in [0.15, 0.2) is 0 Å². The summed E-state index contributed by atoms with van der Waals surface area (Å²) in [7, 11) is -2.20. The first-order valence-corrected chi connectivity index (χ1v) is 12.3. The molecule has 1 aromatic carbocycles. The fourth-order valence-electron chi connectivity index (χ4n) is 3.82. The number of likely N-dealkylation sites (N-methyl/N-ethyl adjacent to an activating group) is 1. The molecule has 2 heterocycles. The van der Waals surface area contributed by atoms with Crippen LogP contribution in [0.2, 0.25) is 0 Å². The summed E-state index contributed by atoms with van der Waals surface area (Å²) in [4.78, 5) is 18.5. The summed E-state index contributed by atoms with van der Waals surface area (Å²) >= 11 is 0. The Morgan fingerprint density at radius 2 is 2.03 bits per heavy atom. The number of sulfonamides is 1. The largest absolute Gasteiger partial charge is 0.487 e. The second-order valence-electron chi connectivity index (χ2n) is 8.37. The lowest BCUT2D eigenvalue weighted by Crippen LogP contribution is -2.50. The van der Waals surface area contributed by atoms with E-state index in [1.165, 1.54) is 10.4 Å². The van der Waals surface area contributed by atoms with Gasteiger partial charge >= 0.3 is 0 Å². The molecule has 3 rings (SSSR count). The van der Waals surface area contributed by atoms with E-state index in [-0.39, 0.29) is 42.2 Å². The highest BCUT2D eigenvalue weighted by Crippen LogP contribution is 2.34. The number of rotatable bonds is 6. The Hall–Kier alpha value is -2.75. The molecular formula is C24H31N3O5S. The third kappa shape index (κ3) is 5.43. The summed E-state index contributed by atoms with van der Waals surface area (Å²) < 4.78 is 34.5. The Bertz CT molecular complexity index is 1100. The maximum absolute atomic E-state index is 13.5. The number of benzene rings is 1. The number of carbonyl (C=O) groups is 1. The molecule has 0 saturated carbocycles. The summed E-state index contributed by atoms with van der Waals surface area (Å²) in [5.41, 5.74) is 1.32. The first kappa shape index (κ1) is 24.9. The maximum atomic E-state index is 13.5. The van der Waals surface area contributed by atoms with Gasteiger partial charge in [0.1, 0.15) is 16.7 Å². The SMILES string of the molecule is C/C=C/c1ccc2c(c1)O[C@@H](CN(C)C(=O)c1ccncc1)[C@H](C)CN([C@@H](C)CO)S2(=O)=O. The molecule has 8 nitrogen and oxygen atoms in total. The molecule has 0 aliphatic carbocycles. The van der Waals surface area contributed by atoms with Gasteiger partial charge in [-0.25, -0.2) is 8.42 Å². The topological polar surface area (TPSA) is 100 Å². The number of ether oxygens (including phenoxy) is 1. The summed E-state index contributed by atoms with van der Waals surface area (Å²) in [6.07, 6.45) is 6.38. The van der Waals surface area contributed by atoms with E-state index in [2.05, 4.69) is 4.98 Å². The fraction of sp³-hybridized carbons (Fsp3) is 0.417. The summed E-state index contributed by atoms with van der Waals surface area (Å²) in [5, 5.41) is 9.74. The highest BCUT2D eigenvalue weighted by molar-refractivity contribution is 7.89. The second kappa shape index (κ2) is 10.5. The molecule has 3 atom stereocenters. The van der Waals surface area contributed by atoms with E-state index in [0.717, 1.165) is 5.56 Å². The molecule has 0 bridgehead atoms. The van der Waals surface area contributed by atoms with Crippen molar-refractivity contribution < 1.29 is 23.1 Å². The molecule has 0 spiro atoms. The molecule has 0 saturated heterocycles. The molecule has 1 aromatic heterocycles. The number of hydrogen-bond donors (Lipinski definition) is 1. The fourth-order valence-corrected chi connectivity index (χ4v) is 5.65. The van der Waals surface area contributed by atoms with Crippen LogP contribution < -0.4 is 4.74 Å². The number of pyridine rings is 1. The van der Waals surface area contributed by atoms with E-state index in [9.17, 15) is 18.3 Å². The molecule has 1 aliphatic heterocycles. The van der Waals surface area contributed by atoms with Gasteiger partial charge in [0.05, 0.1) is 13.2 Å². The zero-order valence-electron chi connectivity index (χ0n) is 19.4. The number of aromatic nitrogens is 1. The predicted octanol–water partition coefficient (Wildman–Crippen LogP) is 2.66. The standard InChI is InChI=1S/C24H31N3O5S/c1-5-6-19-7-8-23-21(13-19)32-22(15-26(4)24(29)20-9-11-25-12-10-20)17(2)14-27(18(3)16-28)33(23,30)31/h5-13,17-18,22,28H,14-16H2,1-4H3/b6-5+/t17-,18+,22+/m1/s1. The lowest BCUT2D eigenvalue weighted by Gasteiger charge is -2.37. The quantitative estimate of drug-likeness (QED) is 0.692. The van der Waals surface area contributed by atoms with Gasteiger partial charge in [-0.05, 0) is 43.7 Å². The van der Waals surface area contributed by atoms with Crippen molar-refractivity contribution in [3.05, 3.63) is 59.9 Å². The highest BCUT2D eigenvalue weighted by Gasteiger charge is 2.38. The minimum absolute atomic E-state index is 0.0519. The minimum atomic E-state index is -3.89. The zero-order chi connectivity index (χ0) is 24.2. The monoisotopic (exact) mass is 473 g/mol. The van der Waals surface area contributed by atoms with E-state index < -0.39 is 22.2 Å². The van der Waals surface area contributed by atoms with Crippen LogP contribution >= 0.6 is 0 Å². The molecule has 0 fully saturated rings. The van der Waals surface area contributed by atoms with Crippen molar-refractivity contribution in [2.75, 3.05) is 26.7 Å². The molecule has 2 aromatic rings. The van der Waals surface area contributed by atoms with Gasteiger partial charge in [0.2, 0.25) is 10.0 Å². The third-order valence-corrected chi connectivity index (χ3v) is 7.80. The van der Waals surface area contributed by atoms with Gasteiger partial charge in [0.25, 0.3) is 5.91 Å². The lowest BCUT2D eigenvalue weighted by atomic mass is 10.0. The minimum Gasteiger partial charge on any atom is -0.487 e. The van der Waals surface area contributed by atoms with E-state index in [1.807, 2.05) is 26.0 Å². The molecule has 178 valence electrons. The number of amides is 1. The maximum Gasteiger partial charge on any atom is 0.253 e. The van der Waals surface area contributed by atoms with E-state index in [0.29, 0.717) is 5.56 Å². The van der Waals surface area contributed by atoms with Crippen LogP contribution in [0, 0.1) is 5.92 Å². The van der Waals surface area contributed by atoms with Crippen LogP contribution in [-0.4, -0.2) is 72.5 Å². The van der Waals surface area contributed by atoms with Crippen LogP contribution in [0.25, 0.3) is 6.08 Å². The molecule has 0 radical (unpaired) electrons. The van der Waals surface area contributed by atoms with Crippen molar-refractivity contribution >= 4 is 22.0 Å². The number of allylic oxidation sites excluding steroid dienone is 1. The first-order chi connectivity index (χ1) is 15.7. The normalized spacial score (nSPS) is 21.5. The van der Waals surface area contributed by atoms with Crippen molar-refractivity contribution in [1.29, 1.82) is 0 Å². The zero-order valence-corrected chi connectivity index (χ0v) is 20.2. The van der Waals surface area contributed by atoms with Crippen LogP contribution in [0.1, 0.15) is 36.7 Å². The number of hydrogen-bond acceptors (Lipinski definition) is 6. The summed E-state index contributed by atoms with van der Waals surface area (Å²) in [6.45, 7) is 5.56. The summed E-state index contributed by atoms with van der Waals surface area (Å²) in [5.74, 6) is -0.187. The van der Waals surface area contributed by atoms with Crippen LogP contribution in [0.4, 0.5) is 0 Å². The Balaban J connectivity index is 2.01. The molecule has 1 N–H and O–H groups in total. The van der Waals surface area contributed by atoms with Crippen molar-refractivity contribution in [3.63, 3.8) is 0 Å². The molecular weight excluding hydrogens is 442 g/mol. The highest BCUT2D eigenvalue weighted by atomic mass is 32.2. The molecule has 1 amide bonds. The number of nitrogens with zero attached hydrogens (tertiary/aromatic N) is 3. The van der Waals surface area contributed by atoms with Crippen LogP contribution in [-0.2, 0) is 10.0 Å². The van der Waals surface area contributed by atoms with Gasteiger partial charge in [-0.1, -0.05) is 25.1 Å². The van der Waals surface area contributed by atoms with Crippen molar-refractivity contribution in [3.8, 4) is 5.75 Å². The molecule has 1 aliphatic rings. The van der Waals surface area contributed by atoms with Crippen molar-refractivity contribution in [2.45, 2.75) is 37.8 Å². The van der Waals surface area contributed by atoms with Crippen molar-refractivity contribution in [2.24, 2.45) is 5.92 Å². The smallest absolute Gasteiger partial charge is 0.253 e. The van der Waals surface area contributed by atoms with Crippen LogP contribution in [0.3, 0.4) is 0 Å². The van der Waals surface area contributed by atoms with Gasteiger partial charge in [-0.15, -0.1) is 0 Å². The Labute approximate surface area is 195 Å². The van der Waals surface area contributed by atoms with Crippen molar-refractivity contribution in [1.82, 2.24) is 14.2 Å². The second-order valence-corrected chi connectivity index (χ2v) is 10.2.